The number of rotatable bonds is 4. The minimum absolute atomic E-state index is 0.00623. The summed E-state index contributed by atoms with van der Waals surface area (Å²) in [5, 5.41) is 0. The van der Waals surface area contributed by atoms with E-state index in [-0.39, 0.29) is 11.8 Å². The zero-order chi connectivity index (χ0) is 15.5. The lowest BCUT2D eigenvalue weighted by atomic mass is 9.99. The number of hydrogen-bond donors (Lipinski definition) is 2. The van der Waals surface area contributed by atoms with Crippen LogP contribution in [0.5, 0.6) is 5.75 Å². The fraction of sp³-hybridized carbons (Fsp3) is 0.538. The summed E-state index contributed by atoms with van der Waals surface area (Å²) in [5.74, 6) is 7.20. The van der Waals surface area contributed by atoms with Crippen LogP contribution in [0.4, 0.5) is 13.2 Å². The fourth-order valence-electron chi connectivity index (χ4n) is 2.42. The minimum Gasteiger partial charge on any atom is -0.405 e. The van der Waals surface area contributed by atoms with Crippen LogP contribution in [0, 0.1) is 0 Å². The third kappa shape index (κ3) is 4.26. The van der Waals surface area contributed by atoms with Crippen molar-refractivity contribution in [2.45, 2.75) is 18.4 Å². The van der Waals surface area contributed by atoms with Crippen molar-refractivity contribution < 1.29 is 17.9 Å². The van der Waals surface area contributed by atoms with Crippen molar-refractivity contribution in [1.82, 2.24) is 10.3 Å². The molecule has 1 aromatic rings. The molecule has 2 unspecified atom stereocenters. The van der Waals surface area contributed by atoms with Crippen LogP contribution in [0.15, 0.2) is 24.3 Å². The molecule has 2 atom stereocenters. The fourth-order valence-corrected chi connectivity index (χ4v) is 3.69. The first kappa shape index (κ1) is 16.4. The van der Waals surface area contributed by atoms with E-state index in [1.807, 2.05) is 7.05 Å². The lowest BCUT2D eigenvalue weighted by Crippen LogP contribution is -2.49. The molecule has 8 heteroatoms. The van der Waals surface area contributed by atoms with Gasteiger partial charge in [0.05, 0.1) is 6.04 Å². The molecule has 0 radical (unpaired) electrons. The zero-order valence-corrected chi connectivity index (χ0v) is 12.4. The minimum atomic E-state index is -4.72. The average Bonchev–Trinajstić information content (AvgIpc) is 2.42. The van der Waals surface area contributed by atoms with Crippen LogP contribution in [0.2, 0.25) is 0 Å². The van der Waals surface area contributed by atoms with Crippen LogP contribution in [-0.4, -0.2) is 42.4 Å². The second-order valence-corrected chi connectivity index (χ2v) is 6.00. The summed E-state index contributed by atoms with van der Waals surface area (Å²) in [7, 11) is 1.95. The SMILES string of the molecule is CN1CCSCC1C(NN)c1ccccc1OC(F)(F)F. The second kappa shape index (κ2) is 6.87. The maximum absolute atomic E-state index is 12.5. The van der Waals surface area contributed by atoms with Gasteiger partial charge in [0, 0.05) is 29.7 Å². The largest absolute Gasteiger partial charge is 0.573 e. The number of halogens is 3. The lowest BCUT2D eigenvalue weighted by molar-refractivity contribution is -0.275. The predicted molar refractivity (Wildman–Crippen MR) is 76.9 cm³/mol. The van der Waals surface area contributed by atoms with Gasteiger partial charge in [-0.1, -0.05) is 18.2 Å². The van der Waals surface area contributed by atoms with Crippen molar-refractivity contribution in [3.05, 3.63) is 29.8 Å². The average molecular weight is 321 g/mol. The summed E-state index contributed by atoms with van der Waals surface area (Å²) in [6, 6.07) is 5.69. The molecule has 4 nitrogen and oxygen atoms in total. The van der Waals surface area contributed by atoms with E-state index >= 15 is 0 Å². The van der Waals surface area contributed by atoms with Crippen molar-refractivity contribution in [1.29, 1.82) is 0 Å². The molecule has 0 amide bonds. The molecule has 0 saturated carbocycles. The highest BCUT2D eigenvalue weighted by Gasteiger charge is 2.35. The quantitative estimate of drug-likeness (QED) is 0.657. The topological polar surface area (TPSA) is 50.5 Å². The lowest BCUT2D eigenvalue weighted by Gasteiger charge is -2.38. The van der Waals surface area contributed by atoms with Crippen LogP contribution in [0.1, 0.15) is 11.6 Å². The van der Waals surface area contributed by atoms with Gasteiger partial charge in [0.2, 0.25) is 0 Å². The molecule has 1 fully saturated rings. The Balaban J connectivity index is 2.29. The Labute approximate surface area is 125 Å². The molecule has 0 aromatic heterocycles. The monoisotopic (exact) mass is 321 g/mol. The third-order valence-corrected chi connectivity index (χ3v) is 4.54. The molecule has 1 aliphatic rings. The highest BCUT2D eigenvalue weighted by atomic mass is 32.2. The molecule has 118 valence electrons. The Kier molecular flexibility index (Phi) is 5.37. The number of ether oxygens (including phenoxy) is 1. The van der Waals surface area contributed by atoms with E-state index in [4.69, 9.17) is 5.84 Å². The molecule has 0 spiro atoms. The third-order valence-electron chi connectivity index (χ3n) is 3.49. The van der Waals surface area contributed by atoms with Gasteiger partial charge in [0.15, 0.2) is 0 Å². The van der Waals surface area contributed by atoms with Crippen LogP contribution in [0.3, 0.4) is 0 Å². The van der Waals surface area contributed by atoms with E-state index in [2.05, 4.69) is 15.1 Å². The van der Waals surface area contributed by atoms with E-state index < -0.39 is 12.4 Å². The Morgan fingerprint density at radius 3 is 2.76 bits per heavy atom. The van der Waals surface area contributed by atoms with E-state index in [1.54, 1.807) is 23.9 Å². The van der Waals surface area contributed by atoms with Crippen molar-refractivity contribution in [2.24, 2.45) is 5.84 Å². The Hall–Kier alpha value is -0.960. The first-order valence-electron chi connectivity index (χ1n) is 6.51. The van der Waals surface area contributed by atoms with Crippen molar-refractivity contribution >= 4 is 11.8 Å². The highest BCUT2D eigenvalue weighted by molar-refractivity contribution is 7.99. The van der Waals surface area contributed by atoms with Gasteiger partial charge < -0.3 is 4.74 Å². The van der Waals surface area contributed by atoms with E-state index in [0.29, 0.717) is 5.56 Å². The molecule has 0 bridgehead atoms. The maximum atomic E-state index is 12.5. The van der Waals surface area contributed by atoms with Gasteiger partial charge in [-0.15, -0.1) is 13.2 Å². The molecule has 21 heavy (non-hydrogen) atoms. The van der Waals surface area contributed by atoms with Gasteiger partial charge in [0.25, 0.3) is 0 Å². The predicted octanol–water partition coefficient (Wildman–Crippen LogP) is 2.14. The van der Waals surface area contributed by atoms with E-state index in [1.165, 1.54) is 12.1 Å². The number of benzene rings is 1. The number of hydrazine groups is 1. The van der Waals surface area contributed by atoms with Gasteiger partial charge >= 0.3 is 6.36 Å². The van der Waals surface area contributed by atoms with Gasteiger partial charge in [-0.2, -0.15) is 11.8 Å². The summed E-state index contributed by atoms with van der Waals surface area (Å²) in [4.78, 5) is 2.10. The summed E-state index contributed by atoms with van der Waals surface area (Å²) >= 11 is 1.76. The van der Waals surface area contributed by atoms with Gasteiger partial charge in [-0.3, -0.25) is 16.2 Å². The first-order chi connectivity index (χ1) is 9.92. The van der Waals surface area contributed by atoms with Crippen molar-refractivity contribution in [3.63, 3.8) is 0 Å². The molecule has 1 saturated heterocycles. The molecule has 1 heterocycles. The number of likely N-dealkylation sites (N-methyl/N-ethyl adjacent to an activating group) is 1. The molecule has 2 rings (SSSR count). The highest BCUT2D eigenvalue weighted by Crippen LogP contribution is 2.34. The second-order valence-electron chi connectivity index (χ2n) is 4.85. The zero-order valence-electron chi connectivity index (χ0n) is 11.6. The Morgan fingerprint density at radius 1 is 1.43 bits per heavy atom. The van der Waals surface area contributed by atoms with Crippen LogP contribution in [-0.2, 0) is 0 Å². The first-order valence-corrected chi connectivity index (χ1v) is 7.66. The molecular formula is C13H18F3N3OS. The van der Waals surface area contributed by atoms with Crippen LogP contribution >= 0.6 is 11.8 Å². The van der Waals surface area contributed by atoms with Gasteiger partial charge in [-0.05, 0) is 13.1 Å². The number of hydrogen-bond acceptors (Lipinski definition) is 5. The van der Waals surface area contributed by atoms with E-state index in [0.717, 1.165) is 18.1 Å². The number of thioether (sulfide) groups is 1. The molecule has 3 N–H and O–H groups in total. The number of nitrogens with zero attached hydrogens (tertiary/aromatic N) is 1. The number of nitrogens with one attached hydrogen (secondary N) is 1. The van der Waals surface area contributed by atoms with Gasteiger partial charge in [0.1, 0.15) is 5.75 Å². The summed E-state index contributed by atoms with van der Waals surface area (Å²) in [6.07, 6.45) is -4.72. The summed E-state index contributed by atoms with van der Waals surface area (Å²) in [5.41, 5.74) is 3.06. The smallest absolute Gasteiger partial charge is 0.405 e. The Bertz CT molecular complexity index is 472. The molecule has 1 aromatic carbocycles. The number of para-hydroxylation sites is 1. The normalized spacial score (nSPS) is 22.0. The van der Waals surface area contributed by atoms with Gasteiger partial charge in [-0.25, -0.2) is 0 Å². The molecule has 0 aliphatic carbocycles. The van der Waals surface area contributed by atoms with Crippen LogP contribution in [0.25, 0.3) is 0 Å². The summed E-state index contributed by atoms with van der Waals surface area (Å²) in [6.45, 7) is 0.871. The number of nitrogens with two attached hydrogens (primary N) is 1. The molecule has 1 aliphatic heterocycles. The summed E-state index contributed by atoms with van der Waals surface area (Å²) < 4.78 is 41.7. The van der Waals surface area contributed by atoms with Crippen molar-refractivity contribution in [2.75, 3.05) is 25.1 Å². The standard InChI is InChI=1S/C13H18F3N3OS/c1-19-6-7-21-8-10(19)12(18-17)9-4-2-3-5-11(9)20-13(14,15)16/h2-5,10,12,18H,6-8,17H2,1H3. The molecular weight excluding hydrogens is 303 g/mol. The maximum Gasteiger partial charge on any atom is 0.573 e. The number of alkyl halides is 3. The van der Waals surface area contributed by atoms with Crippen molar-refractivity contribution in [3.8, 4) is 5.75 Å². The van der Waals surface area contributed by atoms with Crippen LogP contribution < -0.4 is 16.0 Å². The Morgan fingerprint density at radius 2 is 2.14 bits per heavy atom. The van der Waals surface area contributed by atoms with E-state index in [9.17, 15) is 13.2 Å².